The van der Waals surface area contributed by atoms with Gasteiger partial charge in [0.05, 0.1) is 30.2 Å². The third-order valence-corrected chi connectivity index (χ3v) is 3.75. The molecule has 18 heavy (non-hydrogen) atoms. The molecule has 6 nitrogen and oxygen atoms in total. The summed E-state index contributed by atoms with van der Waals surface area (Å²) in [6, 6.07) is 1.91. The number of hydrogen-bond donors (Lipinski definition) is 1. The Morgan fingerprint density at radius 3 is 3.00 bits per heavy atom. The van der Waals surface area contributed by atoms with Crippen LogP contribution >= 0.6 is 11.8 Å². The summed E-state index contributed by atoms with van der Waals surface area (Å²) in [5, 5.41) is 14.9. The van der Waals surface area contributed by atoms with E-state index in [-0.39, 0.29) is 6.61 Å². The molecule has 0 aliphatic heterocycles. The van der Waals surface area contributed by atoms with Crippen molar-refractivity contribution in [3.63, 3.8) is 0 Å². The molecule has 0 radical (unpaired) electrons. The summed E-state index contributed by atoms with van der Waals surface area (Å²) in [6.07, 6.45) is 6.91. The maximum atomic E-state index is 9.14. The molecule has 1 N–H and O–H groups in total. The second kappa shape index (κ2) is 4.43. The van der Waals surface area contributed by atoms with E-state index in [1.165, 1.54) is 11.8 Å². The molecule has 0 atom stereocenters. The van der Waals surface area contributed by atoms with Gasteiger partial charge in [0.2, 0.25) is 0 Å². The van der Waals surface area contributed by atoms with Crippen LogP contribution in [0.15, 0.2) is 41.0 Å². The van der Waals surface area contributed by atoms with E-state index < -0.39 is 0 Å². The lowest BCUT2D eigenvalue weighted by atomic mass is 10.5. The van der Waals surface area contributed by atoms with Crippen molar-refractivity contribution in [3.05, 3.63) is 36.5 Å². The normalized spacial score (nSPS) is 11.2. The fourth-order valence-electron chi connectivity index (χ4n) is 1.67. The Balaban J connectivity index is 2.01. The maximum Gasteiger partial charge on any atom is 0.174 e. The Morgan fingerprint density at radius 1 is 1.33 bits per heavy atom. The number of rotatable bonds is 3. The van der Waals surface area contributed by atoms with E-state index in [0.717, 1.165) is 21.4 Å². The Bertz CT molecular complexity index is 690. The molecule has 0 spiro atoms. The second-order valence-electron chi connectivity index (χ2n) is 3.74. The molecule has 3 aromatic rings. The van der Waals surface area contributed by atoms with Gasteiger partial charge in [-0.25, -0.2) is 14.5 Å². The second-order valence-corrected chi connectivity index (χ2v) is 4.70. The first kappa shape index (κ1) is 11.2. The Labute approximate surface area is 107 Å². The highest BCUT2D eigenvalue weighted by atomic mass is 32.2. The molecular weight excluding hydrogens is 250 g/mol. The van der Waals surface area contributed by atoms with E-state index in [0.29, 0.717) is 0 Å². The quantitative estimate of drug-likeness (QED) is 0.765. The minimum atomic E-state index is -0.0195. The highest BCUT2D eigenvalue weighted by Gasteiger charge is 2.11. The van der Waals surface area contributed by atoms with Gasteiger partial charge in [-0.3, -0.25) is 0 Å². The van der Waals surface area contributed by atoms with Crippen LogP contribution in [0.5, 0.6) is 0 Å². The van der Waals surface area contributed by atoms with Crippen LogP contribution in [-0.2, 0) is 13.7 Å². The van der Waals surface area contributed by atoms with Gasteiger partial charge in [-0.05, 0) is 17.8 Å². The lowest BCUT2D eigenvalue weighted by Gasteiger charge is -2.04. The molecule has 3 heterocycles. The Hall–Kier alpha value is -1.86. The van der Waals surface area contributed by atoms with Gasteiger partial charge in [-0.1, -0.05) is 0 Å². The lowest BCUT2D eigenvalue weighted by molar-refractivity contribution is 0.271. The molecule has 0 aliphatic carbocycles. The lowest BCUT2D eigenvalue weighted by Crippen LogP contribution is -1.98. The number of aliphatic hydroxyl groups excluding tert-OH is 1. The fraction of sp³-hybridized carbons (Fsp3) is 0.182. The molecule has 92 valence electrons. The summed E-state index contributed by atoms with van der Waals surface area (Å²) >= 11 is 1.45. The van der Waals surface area contributed by atoms with Gasteiger partial charge in [0.1, 0.15) is 5.03 Å². The van der Waals surface area contributed by atoms with E-state index in [4.69, 9.17) is 5.11 Å². The van der Waals surface area contributed by atoms with Crippen molar-refractivity contribution in [1.29, 1.82) is 0 Å². The molecule has 0 fully saturated rings. The van der Waals surface area contributed by atoms with E-state index in [2.05, 4.69) is 15.1 Å². The number of imidazole rings is 1. The predicted molar refractivity (Wildman–Crippen MR) is 66.2 cm³/mol. The van der Waals surface area contributed by atoms with Crippen LogP contribution in [0.3, 0.4) is 0 Å². The zero-order chi connectivity index (χ0) is 12.5. The molecule has 3 aromatic heterocycles. The van der Waals surface area contributed by atoms with Crippen molar-refractivity contribution < 1.29 is 5.11 Å². The average Bonchev–Trinajstić information content (AvgIpc) is 2.98. The molecule has 0 aliphatic rings. The van der Waals surface area contributed by atoms with Gasteiger partial charge in [0.15, 0.2) is 5.16 Å². The number of nitrogens with zero attached hydrogens (tertiary/aromatic N) is 5. The third-order valence-electron chi connectivity index (χ3n) is 2.68. The number of fused-ring (bicyclic) bond motifs is 1. The predicted octanol–water partition coefficient (Wildman–Crippen LogP) is 1.11. The highest BCUT2D eigenvalue weighted by molar-refractivity contribution is 7.99. The molecule has 0 aromatic carbocycles. The van der Waals surface area contributed by atoms with E-state index in [9.17, 15) is 0 Å². The van der Waals surface area contributed by atoms with Crippen LogP contribution in [0.1, 0.15) is 5.69 Å². The van der Waals surface area contributed by atoms with Crippen LogP contribution in [0.2, 0.25) is 0 Å². The van der Waals surface area contributed by atoms with Gasteiger partial charge >= 0.3 is 0 Å². The Morgan fingerprint density at radius 2 is 2.22 bits per heavy atom. The van der Waals surface area contributed by atoms with Crippen LogP contribution in [-0.4, -0.2) is 29.3 Å². The first-order chi connectivity index (χ1) is 8.79. The summed E-state index contributed by atoms with van der Waals surface area (Å²) in [5.41, 5.74) is 1.72. The van der Waals surface area contributed by atoms with E-state index >= 15 is 0 Å². The fourth-order valence-corrected chi connectivity index (χ4v) is 2.58. The first-order valence-electron chi connectivity index (χ1n) is 5.37. The van der Waals surface area contributed by atoms with Gasteiger partial charge < -0.3 is 9.67 Å². The zero-order valence-corrected chi connectivity index (χ0v) is 10.5. The zero-order valence-electron chi connectivity index (χ0n) is 9.69. The summed E-state index contributed by atoms with van der Waals surface area (Å²) in [7, 11) is 1.87. The summed E-state index contributed by atoms with van der Waals surface area (Å²) in [5.74, 6) is 0. The van der Waals surface area contributed by atoms with Crippen molar-refractivity contribution in [1.82, 2.24) is 24.1 Å². The van der Waals surface area contributed by atoms with Crippen LogP contribution in [0.25, 0.3) is 5.52 Å². The third kappa shape index (κ3) is 1.77. The molecule has 0 saturated carbocycles. The van der Waals surface area contributed by atoms with Gasteiger partial charge in [0.25, 0.3) is 0 Å². The van der Waals surface area contributed by atoms with Crippen LogP contribution < -0.4 is 0 Å². The van der Waals surface area contributed by atoms with Crippen molar-refractivity contribution in [2.24, 2.45) is 7.05 Å². The molecule has 3 rings (SSSR count). The van der Waals surface area contributed by atoms with Crippen LogP contribution in [0.4, 0.5) is 0 Å². The number of aliphatic hydroxyl groups is 1. The largest absolute Gasteiger partial charge is 0.390 e. The van der Waals surface area contributed by atoms with Gasteiger partial charge in [0, 0.05) is 19.4 Å². The summed E-state index contributed by atoms with van der Waals surface area (Å²) < 4.78 is 3.62. The first-order valence-corrected chi connectivity index (χ1v) is 6.19. The van der Waals surface area contributed by atoms with Gasteiger partial charge in [-0.15, -0.1) is 0 Å². The molecule has 0 unspecified atom stereocenters. The molecule has 0 bridgehead atoms. The minimum absolute atomic E-state index is 0.0195. The monoisotopic (exact) mass is 261 g/mol. The number of aromatic nitrogens is 5. The number of hydrogen-bond acceptors (Lipinski definition) is 5. The summed E-state index contributed by atoms with van der Waals surface area (Å²) in [6.45, 7) is -0.0195. The molecular formula is C11H11N5OS. The van der Waals surface area contributed by atoms with Gasteiger partial charge in [-0.2, -0.15) is 5.10 Å². The standard InChI is InChI=1S/C11H11N5OS/c1-15-8(7-17)6-13-11(15)18-10-9-2-3-14-16(9)5-4-12-10/h2-6,17H,7H2,1H3. The molecule has 0 amide bonds. The maximum absolute atomic E-state index is 9.14. The molecule has 0 saturated heterocycles. The molecule has 7 heteroatoms. The Kier molecular flexibility index (Phi) is 2.77. The summed E-state index contributed by atoms with van der Waals surface area (Å²) in [4.78, 5) is 8.61. The minimum Gasteiger partial charge on any atom is -0.390 e. The van der Waals surface area contributed by atoms with Crippen molar-refractivity contribution >= 4 is 17.3 Å². The topological polar surface area (TPSA) is 68.2 Å². The van der Waals surface area contributed by atoms with E-state index in [1.807, 2.05) is 17.7 Å². The van der Waals surface area contributed by atoms with Crippen LogP contribution in [0, 0.1) is 0 Å². The van der Waals surface area contributed by atoms with E-state index in [1.54, 1.807) is 29.3 Å². The van der Waals surface area contributed by atoms with Crippen molar-refractivity contribution in [2.45, 2.75) is 16.8 Å². The average molecular weight is 261 g/mol. The highest BCUT2D eigenvalue weighted by Crippen LogP contribution is 2.28. The van der Waals surface area contributed by atoms with Crippen molar-refractivity contribution in [2.75, 3.05) is 0 Å². The van der Waals surface area contributed by atoms with Crippen molar-refractivity contribution in [3.8, 4) is 0 Å². The SMILES string of the molecule is Cn1c(CO)cnc1Sc1nccn2nccc12. The smallest absolute Gasteiger partial charge is 0.174 e.